The first-order chi connectivity index (χ1) is 12.0. The van der Waals surface area contributed by atoms with Crippen LogP contribution in [0.15, 0.2) is 24.5 Å². The number of nitrogens with zero attached hydrogens (tertiary/aromatic N) is 2. The molecule has 2 aliphatic rings. The van der Waals surface area contributed by atoms with Crippen LogP contribution in [0.1, 0.15) is 32.3 Å². The standard InChI is InChI=1S/C18H25N3O3S/c1-18(2)17(23)20-15(12-25-18)16(22)21-8-5-14(6-9-21)24-11-13-4-3-7-19-10-13/h3-4,7,10,14-15H,5-6,8-9,11-12H2,1-2H3,(H,20,23). The number of amides is 2. The van der Waals surface area contributed by atoms with E-state index in [1.807, 2.05) is 37.1 Å². The van der Waals surface area contributed by atoms with E-state index in [2.05, 4.69) is 10.3 Å². The Hall–Kier alpha value is -1.60. The number of hydrogen-bond acceptors (Lipinski definition) is 5. The van der Waals surface area contributed by atoms with Gasteiger partial charge in [-0.2, -0.15) is 0 Å². The van der Waals surface area contributed by atoms with Crippen molar-refractivity contribution in [2.24, 2.45) is 0 Å². The molecule has 1 aromatic rings. The molecule has 1 N–H and O–H groups in total. The zero-order chi connectivity index (χ0) is 17.9. The van der Waals surface area contributed by atoms with Crippen molar-refractivity contribution in [2.45, 2.75) is 50.2 Å². The van der Waals surface area contributed by atoms with Crippen LogP contribution in [0, 0.1) is 0 Å². The van der Waals surface area contributed by atoms with Crippen LogP contribution in [0.2, 0.25) is 0 Å². The Morgan fingerprint density at radius 3 is 2.84 bits per heavy atom. The largest absolute Gasteiger partial charge is 0.373 e. The molecule has 136 valence electrons. The van der Waals surface area contributed by atoms with Gasteiger partial charge in [-0.3, -0.25) is 14.6 Å². The van der Waals surface area contributed by atoms with E-state index in [1.165, 1.54) is 0 Å². The maximum absolute atomic E-state index is 12.6. The van der Waals surface area contributed by atoms with Gasteiger partial charge in [0.2, 0.25) is 11.8 Å². The Morgan fingerprint density at radius 2 is 2.20 bits per heavy atom. The number of pyridine rings is 1. The highest BCUT2D eigenvalue weighted by molar-refractivity contribution is 8.01. The summed E-state index contributed by atoms with van der Waals surface area (Å²) in [5, 5.41) is 2.87. The number of likely N-dealkylation sites (tertiary alicyclic amines) is 1. The molecular formula is C18H25N3O3S. The lowest BCUT2D eigenvalue weighted by Crippen LogP contribution is -2.58. The lowest BCUT2D eigenvalue weighted by atomic mass is 10.1. The van der Waals surface area contributed by atoms with Gasteiger partial charge in [0.25, 0.3) is 0 Å². The van der Waals surface area contributed by atoms with Crippen LogP contribution in [0.5, 0.6) is 0 Å². The summed E-state index contributed by atoms with van der Waals surface area (Å²) in [5.74, 6) is 0.605. The molecule has 7 heteroatoms. The normalized spacial score (nSPS) is 24.0. The molecule has 25 heavy (non-hydrogen) atoms. The van der Waals surface area contributed by atoms with Crippen molar-refractivity contribution >= 4 is 23.6 Å². The van der Waals surface area contributed by atoms with Crippen LogP contribution in [-0.4, -0.2) is 57.4 Å². The van der Waals surface area contributed by atoms with Crippen LogP contribution in [0.4, 0.5) is 0 Å². The van der Waals surface area contributed by atoms with Crippen LogP contribution in [-0.2, 0) is 20.9 Å². The van der Waals surface area contributed by atoms with E-state index in [0.717, 1.165) is 18.4 Å². The highest BCUT2D eigenvalue weighted by Gasteiger charge is 2.39. The summed E-state index contributed by atoms with van der Waals surface area (Å²) in [5.41, 5.74) is 1.06. The molecule has 2 saturated heterocycles. The highest BCUT2D eigenvalue weighted by atomic mass is 32.2. The summed E-state index contributed by atoms with van der Waals surface area (Å²) in [6.07, 6.45) is 5.37. The first-order valence-electron chi connectivity index (χ1n) is 8.70. The molecule has 3 heterocycles. The molecular weight excluding hydrogens is 338 g/mol. The van der Waals surface area contributed by atoms with E-state index in [1.54, 1.807) is 18.0 Å². The molecule has 1 unspecified atom stereocenters. The smallest absolute Gasteiger partial charge is 0.246 e. The number of hydrogen-bond donors (Lipinski definition) is 1. The molecule has 2 aliphatic heterocycles. The number of thioether (sulfide) groups is 1. The molecule has 3 rings (SSSR count). The van der Waals surface area contributed by atoms with Gasteiger partial charge in [-0.05, 0) is 38.3 Å². The monoisotopic (exact) mass is 363 g/mol. The number of rotatable bonds is 4. The fraction of sp³-hybridized carbons (Fsp3) is 0.611. The van der Waals surface area contributed by atoms with Gasteiger partial charge in [-0.25, -0.2) is 0 Å². The zero-order valence-electron chi connectivity index (χ0n) is 14.7. The van der Waals surface area contributed by atoms with Crippen molar-refractivity contribution in [1.82, 2.24) is 15.2 Å². The predicted molar refractivity (Wildman–Crippen MR) is 97.1 cm³/mol. The number of carbonyl (C=O) groups is 2. The molecule has 0 aromatic carbocycles. The van der Waals surface area contributed by atoms with Gasteiger partial charge < -0.3 is 15.0 Å². The molecule has 0 spiro atoms. The van der Waals surface area contributed by atoms with Crippen molar-refractivity contribution in [3.8, 4) is 0 Å². The Bertz CT molecular complexity index is 615. The Kier molecular flexibility index (Phi) is 5.64. The first kappa shape index (κ1) is 18.2. The van der Waals surface area contributed by atoms with Crippen molar-refractivity contribution in [2.75, 3.05) is 18.8 Å². The van der Waals surface area contributed by atoms with E-state index in [9.17, 15) is 9.59 Å². The van der Waals surface area contributed by atoms with Gasteiger partial charge in [-0.15, -0.1) is 11.8 Å². The van der Waals surface area contributed by atoms with Crippen molar-refractivity contribution in [3.05, 3.63) is 30.1 Å². The quantitative estimate of drug-likeness (QED) is 0.880. The number of aromatic nitrogens is 1. The van der Waals surface area contributed by atoms with Gasteiger partial charge in [0, 0.05) is 31.2 Å². The first-order valence-corrected chi connectivity index (χ1v) is 9.68. The van der Waals surface area contributed by atoms with Gasteiger partial charge in [0.05, 0.1) is 17.5 Å². The highest BCUT2D eigenvalue weighted by Crippen LogP contribution is 2.29. The Labute approximate surface area is 152 Å². The Morgan fingerprint density at radius 1 is 1.44 bits per heavy atom. The lowest BCUT2D eigenvalue weighted by molar-refractivity contribution is -0.138. The minimum atomic E-state index is -0.454. The van der Waals surface area contributed by atoms with Gasteiger partial charge in [0.15, 0.2) is 0 Å². The molecule has 6 nitrogen and oxygen atoms in total. The molecule has 0 bridgehead atoms. The SMILES string of the molecule is CC1(C)SCC(C(=O)N2CCC(OCc3cccnc3)CC2)NC1=O. The van der Waals surface area contributed by atoms with E-state index in [-0.39, 0.29) is 17.9 Å². The topological polar surface area (TPSA) is 71.5 Å². The number of piperidine rings is 1. The summed E-state index contributed by atoms with van der Waals surface area (Å²) in [7, 11) is 0. The lowest BCUT2D eigenvalue weighted by Gasteiger charge is -2.38. The average molecular weight is 363 g/mol. The average Bonchev–Trinajstić information content (AvgIpc) is 2.63. The third-order valence-electron chi connectivity index (χ3n) is 4.72. The third kappa shape index (κ3) is 4.52. The zero-order valence-corrected chi connectivity index (χ0v) is 15.6. The minimum Gasteiger partial charge on any atom is -0.373 e. The molecule has 0 saturated carbocycles. The fourth-order valence-electron chi connectivity index (χ4n) is 3.02. The Balaban J connectivity index is 1.44. The predicted octanol–water partition coefficient (Wildman–Crippen LogP) is 1.60. The maximum atomic E-state index is 12.6. The fourth-order valence-corrected chi connectivity index (χ4v) is 4.02. The second-order valence-corrected chi connectivity index (χ2v) is 8.69. The van der Waals surface area contributed by atoms with Crippen molar-refractivity contribution < 1.29 is 14.3 Å². The van der Waals surface area contributed by atoms with Crippen LogP contribution in [0.25, 0.3) is 0 Å². The maximum Gasteiger partial charge on any atom is 0.246 e. The van der Waals surface area contributed by atoms with Crippen LogP contribution < -0.4 is 5.32 Å². The van der Waals surface area contributed by atoms with Crippen LogP contribution in [0.3, 0.4) is 0 Å². The minimum absolute atomic E-state index is 0.0297. The molecule has 2 amide bonds. The van der Waals surface area contributed by atoms with Crippen molar-refractivity contribution in [3.63, 3.8) is 0 Å². The summed E-state index contributed by atoms with van der Waals surface area (Å²) >= 11 is 1.55. The second-order valence-electron chi connectivity index (χ2n) is 7.04. The van der Waals surface area contributed by atoms with Gasteiger partial charge in [0.1, 0.15) is 6.04 Å². The summed E-state index contributed by atoms with van der Waals surface area (Å²) in [6, 6.07) is 3.49. The summed E-state index contributed by atoms with van der Waals surface area (Å²) in [6.45, 7) is 5.68. The molecule has 0 radical (unpaired) electrons. The van der Waals surface area contributed by atoms with E-state index < -0.39 is 10.8 Å². The van der Waals surface area contributed by atoms with Gasteiger partial charge in [-0.1, -0.05) is 6.07 Å². The number of ether oxygens (including phenoxy) is 1. The number of carbonyl (C=O) groups excluding carboxylic acids is 2. The van der Waals surface area contributed by atoms with Gasteiger partial charge >= 0.3 is 0 Å². The van der Waals surface area contributed by atoms with E-state index in [0.29, 0.717) is 25.4 Å². The van der Waals surface area contributed by atoms with Crippen LogP contribution >= 0.6 is 11.8 Å². The summed E-state index contributed by atoms with van der Waals surface area (Å²) in [4.78, 5) is 30.6. The molecule has 1 atom stereocenters. The van der Waals surface area contributed by atoms with E-state index >= 15 is 0 Å². The molecule has 1 aromatic heterocycles. The number of nitrogens with one attached hydrogen (secondary N) is 1. The molecule has 2 fully saturated rings. The second kappa shape index (κ2) is 7.74. The third-order valence-corrected chi connectivity index (χ3v) is 6.13. The molecule has 0 aliphatic carbocycles. The summed E-state index contributed by atoms with van der Waals surface area (Å²) < 4.78 is 5.48. The van der Waals surface area contributed by atoms with Crippen molar-refractivity contribution in [1.29, 1.82) is 0 Å². The van der Waals surface area contributed by atoms with E-state index in [4.69, 9.17) is 4.74 Å².